The van der Waals surface area contributed by atoms with E-state index in [1.807, 2.05) is 4.90 Å². The van der Waals surface area contributed by atoms with Crippen LogP contribution in [0.1, 0.15) is 25.7 Å². The van der Waals surface area contributed by atoms with Crippen molar-refractivity contribution in [3.05, 3.63) is 0 Å². The Morgan fingerprint density at radius 2 is 1.73 bits per heavy atom. The number of carbonyl (C=O) groups excluding carboxylic acids is 1. The molecule has 0 radical (unpaired) electrons. The van der Waals surface area contributed by atoms with Gasteiger partial charge in [0.25, 0.3) is 0 Å². The molecule has 2 saturated carbocycles. The van der Waals surface area contributed by atoms with Crippen LogP contribution in [0.3, 0.4) is 0 Å². The molecule has 4 heteroatoms. The van der Waals surface area contributed by atoms with E-state index in [9.17, 15) is 4.79 Å². The summed E-state index contributed by atoms with van der Waals surface area (Å²) in [6, 6.07) is 0. The van der Waals surface area contributed by atoms with E-state index in [1.165, 1.54) is 25.7 Å². The Bertz CT molecular complexity index is 210. The molecule has 0 aromatic carbocycles. The van der Waals surface area contributed by atoms with Gasteiger partial charge in [-0.05, 0) is 37.5 Å². The van der Waals surface area contributed by atoms with Crippen LogP contribution in [0.15, 0.2) is 0 Å². The molecule has 4 nitrogen and oxygen atoms in total. The molecule has 2 fully saturated rings. The molecule has 2 aliphatic rings. The number of carbonyl (C=O) groups is 1. The smallest absolute Gasteiger partial charge is 0.409 e. The maximum absolute atomic E-state index is 11.6. The second kappa shape index (κ2) is 4.84. The van der Waals surface area contributed by atoms with Gasteiger partial charge in [-0.15, -0.1) is 0 Å². The number of aliphatic hydroxyl groups is 1. The third kappa shape index (κ3) is 3.70. The number of aliphatic hydroxyl groups excluding tert-OH is 1. The fourth-order valence-electron chi connectivity index (χ4n) is 1.67. The van der Waals surface area contributed by atoms with E-state index in [4.69, 9.17) is 9.84 Å². The van der Waals surface area contributed by atoms with Gasteiger partial charge < -0.3 is 14.7 Å². The third-order valence-corrected chi connectivity index (χ3v) is 2.93. The van der Waals surface area contributed by atoms with Crippen LogP contribution >= 0.6 is 0 Å². The second-order valence-corrected chi connectivity index (χ2v) is 4.63. The number of hydrogen-bond donors (Lipinski definition) is 1. The van der Waals surface area contributed by atoms with Gasteiger partial charge in [-0.3, -0.25) is 0 Å². The van der Waals surface area contributed by atoms with E-state index in [0.29, 0.717) is 11.8 Å². The first-order chi connectivity index (χ1) is 7.29. The van der Waals surface area contributed by atoms with Gasteiger partial charge >= 0.3 is 6.09 Å². The first-order valence-electron chi connectivity index (χ1n) is 5.82. The summed E-state index contributed by atoms with van der Waals surface area (Å²) in [6.07, 6.45) is 4.73. The van der Waals surface area contributed by atoms with E-state index in [1.54, 1.807) is 0 Å². The molecule has 0 atom stereocenters. The van der Waals surface area contributed by atoms with Gasteiger partial charge in [-0.25, -0.2) is 4.79 Å². The molecule has 0 bridgehead atoms. The molecule has 0 aromatic heterocycles. The van der Waals surface area contributed by atoms with Crippen LogP contribution in [0.25, 0.3) is 0 Å². The largest absolute Gasteiger partial charge is 0.447 e. The fourth-order valence-corrected chi connectivity index (χ4v) is 1.67. The lowest BCUT2D eigenvalue weighted by atomic mass is 10.3. The topological polar surface area (TPSA) is 49.8 Å². The lowest BCUT2D eigenvalue weighted by Gasteiger charge is -2.21. The minimum Gasteiger partial charge on any atom is -0.447 e. The summed E-state index contributed by atoms with van der Waals surface area (Å²) in [5, 5.41) is 8.59. The van der Waals surface area contributed by atoms with Crippen LogP contribution < -0.4 is 0 Å². The summed E-state index contributed by atoms with van der Waals surface area (Å²) in [4.78, 5) is 13.4. The van der Waals surface area contributed by atoms with Crippen molar-refractivity contribution in [3.63, 3.8) is 0 Å². The van der Waals surface area contributed by atoms with E-state index < -0.39 is 0 Å². The Balaban J connectivity index is 1.75. The molecule has 0 aliphatic heterocycles. The van der Waals surface area contributed by atoms with Gasteiger partial charge in [-0.1, -0.05) is 0 Å². The highest BCUT2D eigenvalue weighted by Crippen LogP contribution is 2.33. The maximum atomic E-state index is 11.6. The predicted molar refractivity (Wildman–Crippen MR) is 55.5 cm³/mol. The molecule has 1 amide bonds. The number of rotatable bonds is 6. The Labute approximate surface area is 90.2 Å². The van der Waals surface area contributed by atoms with Crippen molar-refractivity contribution < 1.29 is 14.6 Å². The summed E-state index contributed by atoms with van der Waals surface area (Å²) >= 11 is 0. The van der Waals surface area contributed by atoms with Crippen molar-refractivity contribution >= 4 is 6.09 Å². The molecule has 0 spiro atoms. The molecule has 0 heterocycles. The first kappa shape index (κ1) is 10.7. The monoisotopic (exact) mass is 213 g/mol. The first-order valence-corrected chi connectivity index (χ1v) is 5.82. The second-order valence-electron chi connectivity index (χ2n) is 4.63. The summed E-state index contributed by atoms with van der Waals surface area (Å²) < 4.78 is 4.95. The van der Waals surface area contributed by atoms with E-state index in [2.05, 4.69) is 0 Å². The Kier molecular flexibility index (Phi) is 3.46. The number of hydrogen-bond acceptors (Lipinski definition) is 3. The van der Waals surface area contributed by atoms with Crippen molar-refractivity contribution in [1.82, 2.24) is 4.90 Å². The number of amides is 1. The van der Waals surface area contributed by atoms with Gasteiger partial charge in [0.1, 0.15) is 6.61 Å². The van der Waals surface area contributed by atoms with Crippen molar-refractivity contribution in [2.45, 2.75) is 25.7 Å². The lowest BCUT2D eigenvalue weighted by molar-refractivity contribution is 0.0814. The molecule has 15 heavy (non-hydrogen) atoms. The van der Waals surface area contributed by atoms with Crippen molar-refractivity contribution in [2.24, 2.45) is 11.8 Å². The van der Waals surface area contributed by atoms with Crippen molar-refractivity contribution in [3.8, 4) is 0 Å². The zero-order valence-corrected chi connectivity index (χ0v) is 9.02. The summed E-state index contributed by atoms with van der Waals surface area (Å²) in [7, 11) is 0. The quantitative estimate of drug-likeness (QED) is 0.722. The van der Waals surface area contributed by atoms with Crippen LogP contribution in [0.2, 0.25) is 0 Å². The standard InChI is InChI=1S/C11H19NO3/c13-5-6-15-11(14)12(7-9-1-2-9)8-10-3-4-10/h9-10,13H,1-8H2. The summed E-state index contributed by atoms with van der Waals surface area (Å²) in [6.45, 7) is 1.72. The van der Waals surface area contributed by atoms with Crippen LogP contribution in [0.4, 0.5) is 4.79 Å². The molecule has 0 aromatic rings. The maximum Gasteiger partial charge on any atom is 0.409 e. The summed E-state index contributed by atoms with van der Waals surface area (Å²) in [5.41, 5.74) is 0. The van der Waals surface area contributed by atoms with Crippen LogP contribution in [-0.4, -0.2) is 42.4 Å². The fraction of sp³-hybridized carbons (Fsp3) is 0.909. The highest BCUT2D eigenvalue weighted by atomic mass is 16.6. The van der Waals surface area contributed by atoms with E-state index >= 15 is 0 Å². The van der Waals surface area contributed by atoms with Gasteiger partial charge in [0.05, 0.1) is 6.61 Å². The average molecular weight is 213 g/mol. The predicted octanol–water partition coefficient (Wildman–Crippen LogP) is 1.24. The van der Waals surface area contributed by atoms with Crippen molar-refractivity contribution in [2.75, 3.05) is 26.3 Å². The van der Waals surface area contributed by atoms with Gasteiger partial charge in [0, 0.05) is 13.1 Å². The number of nitrogens with zero attached hydrogens (tertiary/aromatic N) is 1. The zero-order chi connectivity index (χ0) is 10.7. The molecule has 1 N–H and O–H groups in total. The SMILES string of the molecule is O=C(OCCO)N(CC1CC1)CC1CC1. The van der Waals surface area contributed by atoms with Gasteiger partial charge in [0.15, 0.2) is 0 Å². The highest BCUT2D eigenvalue weighted by Gasteiger charge is 2.32. The molecular formula is C11H19NO3. The highest BCUT2D eigenvalue weighted by molar-refractivity contribution is 5.67. The van der Waals surface area contributed by atoms with Crippen LogP contribution in [0, 0.1) is 11.8 Å². The van der Waals surface area contributed by atoms with Crippen molar-refractivity contribution in [1.29, 1.82) is 0 Å². The lowest BCUT2D eigenvalue weighted by Crippen LogP contribution is -2.35. The molecule has 0 saturated heterocycles. The van der Waals surface area contributed by atoms with Crippen LogP contribution in [0.5, 0.6) is 0 Å². The van der Waals surface area contributed by atoms with Gasteiger partial charge in [-0.2, -0.15) is 0 Å². The minimum atomic E-state index is -0.247. The normalized spacial score (nSPS) is 20.1. The summed E-state index contributed by atoms with van der Waals surface area (Å²) in [5.74, 6) is 1.40. The molecule has 0 unspecified atom stereocenters. The minimum absolute atomic E-state index is 0.0908. The average Bonchev–Trinajstić information content (AvgIpc) is 3.06. The Hall–Kier alpha value is -0.770. The molecule has 86 valence electrons. The zero-order valence-electron chi connectivity index (χ0n) is 9.02. The Morgan fingerprint density at radius 1 is 1.20 bits per heavy atom. The molecule has 2 rings (SSSR count). The Morgan fingerprint density at radius 3 is 2.13 bits per heavy atom. The van der Waals surface area contributed by atoms with Crippen LogP contribution in [-0.2, 0) is 4.74 Å². The molecular weight excluding hydrogens is 194 g/mol. The third-order valence-electron chi connectivity index (χ3n) is 2.93. The van der Waals surface area contributed by atoms with E-state index in [0.717, 1.165) is 13.1 Å². The van der Waals surface area contributed by atoms with E-state index in [-0.39, 0.29) is 19.3 Å². The van der Waals surface area contributed by atoms with Gasteiger partial charge in [0.2, 0.25) is 0 Å². The molecule has 2 aliphatic carbocycles. The number of ether oxygens (including phenoxy) is 1.